The van der Waals surface area contributed by atoms with Crippen LogP contribution in [0.25, 0.3) is 22.3 Å². The molecule has 3 N–H and O–H groups in total. The van der Waals surface area contributed by atoms with Crippen molar-refractivity contribution in [1.82, 2.24) is 0 Å². The van der Waals surface area contributed by atoms with Crippen molar-refractivity contribution in [2.45, 2.75) is 19.8 Å². The SMILES string of the molecule is CCOC(=O)CCCNc1c(F)cc(F)c2oc(-c3ccc(N)c(F)c3)cc(=O)c12. The highest BCUT2D eigenvalue weighted by Gasteiger charge is 2.19. The Labute approximate surface area is 169 Å². The average molecular weight is 420 g/mol. The summed E-state index contributed by atoms with van der Waals surface area (Å²) in [4.78, 5) is 24.0. The van der Waals surface area contributed by atoms with E-state index in [1.165, 1.54) is 12.1 Å². The number of hydrogen-bond donors (Lipinski definition) is 2. The van der Waals surface area contributed by atoms with Gasteiger partial charge in [0.25, 0.3) is 0 Å². The third kappa shape index (κ3) is 4.40. The second-order valence-electron chi connectivity index (χ2n) is 6.47. The minimum absolute atomic E-state index is 0.0924. The molecule has 6 nitrogen and oxygen atoms in total. The summed E-state index contributed by atoms with van der Waals surface area (Å²) >= 11 is 0. The molecule has 0 amide bonds. The van der Waals surface area contributed by atoms with Crippen molar-refractivity contribution in [3.8, 4) is 11.3 Å². The normalized spacial score (nSPS) is 10.9. The Morgan fingerprint density at radius 1 is 1.13 bits per heavy atom. The van der Waals surface area contributed by atoms with Gasteiger partial charge < -0.3 is 20.2 Å². The molecule has 3 aromatic rings. The molecule has 158 valence electrons. The van der Waals surface area contributed by atoms with Crippen molar-refractivity contribution in [3.63, 3.8) is 0 Å². The van der Waals surface area contributed by atoms with Gasteiger partial charge in [0, 0.05) is 30.7 Å². The number of nitrogens with two attached hydrogens (primary N) is 1. The van der Waals surface area contributed by atoms with Gasteiger partial charge in [-0.15, -0.1) is 0 Å². The number of hydrogen-bond acceptors (Lipinski definition) is 6. The first-order valence-electron chi connectivity index (χ1n) is 9.22. The zero-order valence-corrected chi connectivity index (χ0v) is 16.1. The Kier molecular flexibility index (Phi) is 6.29. The summed E-state index contributed by atoms with van der Waals surface area (Å²) in [5.74, 6) is -3.27. The molecular formula is C21H19F3N2O4. The summed E-state index contributed by atoms with van der Waals surface area (Å²) in [6.45, 7) is 2.08. The van der Waals surface area contributed by atoms with Gasteiger partial charge >= 0.3 is 5.97 Å². The van der Waals surface area contributed by atoms with E-state index in [0.717, 1.165) is 12.1 Å². The molecule has 0 spiro atoms. The molecule has 1 heterocycles. The monoisotopic (exact) mass is 420 g/mol. The fourth-order valence-corrected chi connectivity index (χ4v) is 2.94. The molecule has 0 saturated heterocycles. The Balaban J connectivity index is 1.96. The van der Waals surface area contributed by atoms with Crippen molar-refractivity contribution in [1.29, 1.82) is 0 Å². The van der Waals surface area contributed by atoms with Crippen LogP contribution in [0.15, 0.2) is 39.5 Å². The van der Waals surface area contributed by atoms with Gasteiger partial charge in [-0.3, -0.25) is 9.59 Å². The Hall–Kier alpha value is -3.49. The molecule has 0 aliphatic heterocycles. The molecule has 30 heavy (non-hydrogen) atoms. The Morgan fingerprint density at radius 2 is 1.90 bits per heavy atom. The molecule has 9 heteroatoms. The number of anilines is 2. The van der Waals surface area contributed by atoms with Crippen LogP contribution in [0.2, 0.25) is 0 Å². The van der Waals surface area contributed by atoms with E-state index in [9.17, 15) is 22.8 Å². The molecule has 0 saturated carbocycles. The van der Waals surface area contributed by atoms with Gasteiger partial charge in [0.2, 0.25) is 0 Å². The maximum Gasteiger partial charge on any atom is 0.305 e. The highest BCUT2D eigenvalue weighted by atomic mass is 19.1. The van der Waals surface area contributed by atoms with Crippen LogP contribution >= 0.6 is 0 Å². The van der Waals surface area contributed by atoms with Gasteiger partial charge in [-0.25, -0.2) is 13.2 Å². The number of carbonyl (C=O) groups is 1. The van der Waals surface area contributed by atoms with E-state index in [1.54, 1.807) is 6.92 Å². The van der Waals surface area contributed by atoms with Gasteiger partial charge in [-0.1, -0.05) is 0 Å². The number of fused-ring (bicyclic) bond motifs is 1. The lowest BCUT2D eigenvalue weighted by molar-refractivity contribution is -0.143. The number of benzene rings is 2. The third-order valence-electron chi connectivity index (χ3n) is 4.36. The Morgan fingerprint density at radius 3 is 2.60 bits per heavy atom. The molecule has 0 bridgehead atoms. The van der Waals surface area contributed by atoms with Crippen molar-refractivity contribution in [2.24, 2.45) is 0 Å². The van der Waals surface area contributed by atoms with Gasteiger partial charge in [0.15, 0.2) is 16.8 Å². The summed E-state index contributed by atoms with van der Waals surface area (Å²) in [6.07, 6.45) is 0.411. The standard InChI is InChI=1S/C21H19F3N2O4/c1-2-29-18(28)4-3-7-26-20-13(23)9-14(24)21-19(20)16(27)10-17(30-21)11-5-6-15(25)12(22)8-11/h5-6,8-10,26H,2-4,7,25H2,1H3. The first-order chi connectivity index (χ1) is 14.3. The van der Waals surface area contributed by atoms with Gasteiger partial charge in [0.1, 0.15) is 17.4 Å². The summed E-state index contributed by atoms with van der Waals surface area (Å²) in [5, 5.41) is 2.39. The van der Waals surface area contributed by atoms with Crippen molar-refractivity contribution >= 4 is 28.3 Å². The maximum absolute atomic E-state index is 14.4. The largest absolute Gasteiger partial charge is 0.466 e. The van der Waals surface area contributed by atoms with Crippen LogP contribution in [0.4, 0.5) is 24.5 Å². The van der Waals surface area contributed by atoms with Crippen LogP contribution in [0.1, 0.15) is 19.8 Å². The summed E-state index contributed by atoms with van der Waals surface area (Å²) in [7, 11) is 0. The second kappa shape index (κ2) is 8.89. The first kappa shape index (κ1) is 21.2. The molecule has 1 aromatic heterocycles. The lowest BCUT2D eigenvalue weighted by atomic mass is 10.1. The number of nitrogens with one attached hydrogen (secondary N) is 1. The van der Waals surface area contributed by atoms with Gasteiger partial charge in [-0.2, -0.15) is 0 Å². The molecule has 3 rings (SSSR count). The minimum atomic E-state index is -1.07. The summed E-state index contributed by atoms with van der Waals surface area (Å²) < 4.78 is 52.7. The lowest BCUT2D eigenvalue weighted by Gasteiger charge is -2.12. The van der Waals surface area contributed by atoms with Crippen molar-refractivity contribution < 1.29 is 27.1 Å². The van der Waals surface area contributed by atoms with Gasteiger partial charge in [0.05, 0.1) is 23.4 Å². The van der Waals surface area contributed by atoms with Crippen LogP contribution in [-0.2, 0) is 9.53 Å². The Bertz CT molecular complexity index is 1160. The minimum Gasteiger partial charge on any atom is -0.466 e. The number of rotatable bonds is 7. The number of carbonyl (C=O) groups excluding carboxylic acids is 1. The zero-order chi connectivity index (χ0) is 21.8. The van der Waals surface area contributed by atoms with Crippen LogP contribution < -0.4 is 16.5 Å². The molecule has 2 aromatic carbocycles. The summed E-state index contributed by atoms with van der Waals surface area (Å²) in [6, 6.07) is 5.36. The second-order valence-corrected chi connectivity index (χ2v) is 6.47. The smallest absolute Gasteiger partial charge is 0.305 e. The van der Waals surface area contributed by atoms with E-state index >= 15 is 0 Å². The molecule has 0 radical (unpaired) electrons. The molecule has 0 atom stereocenters. The van der Waals surface area contributed by atoms with Crippen LogP contribution in [0.3, 0.4) is 0 Å². The summed E-state index contributed by atoms with van der Waals surface area (Å²) in [5.41, 5.74) is 4.10. The van der Waals surface area contributed by atoms with Crippen molar-refractivity contribution in [3.05, 3.63) is 58.0 Å². The van der Waals surface area contributed by atoms with E-state index in [0.29, 0.717) is 12.5 Å². The molecular weight excluding hydrogens is 401 g/mol. The van der Waals surface area contributed by atoms with E-state index in [-0.39, 0.29) is 47.7 Å². The predicted molar refractivity (Wildman–Crippen MR) is 107 cm³/mol. The molecule has 0 aliphatic carbocycles. The topological polar surface area (TPSA) is 94.6 Å². The van der Waals surface area contributed by atoms with Crippen LogP contribution in [0, 0.1) is 17.5 Å². The molecule has 0 fully saturated rings. The number of halogens is 3. The van der Waals surface area contributed by atoms with E-state index in [4.69, 9.17) is 14.9 Å². The highest BCUT2D eigenvalue weighted by Crippen LogP contribution is 2.31. The third-order valence-corrected chi connectivity index (χ3v) is 4.36. The van der Waals surface area contributed by atoms with Crippen LogP contribution in [-0.4, -0.2) is 19.1 Å². The van der Waals surface area contributed by atoms with Crippen molar-refractivity contribution in [2.75, 3.05) is 24.2 Å². The number of esters is 1. The van der Waals surface area contributed by atoms with E-state index in [1.807, 2.05) is 0 Å². The lowest BCUT2D eigenvalue weighted by Crippen LogP contribution is -2.12. The van der Waals surface area contributed by atoms with Gasteiger partial charge in [-0.05, 0) is 31.5 Å². The fraction of sp³-hybridized carbons (Fsp3) is 0.238. The fourth-order valence-electron chi connectivity index (χ4n) is 2.94. The highest BCUT2D eigenvalue weighted by molar-refractivity contribution is 5.91. The maximum atomic E-state index is 14.4. The average Bonchev–Trinajstić information content (AvgIpc) is 2.69. The number of nitrogen functional groups attached to an aromatic ring is 1. The number of ether oxygens (including phenoxy) is 1. The first-order valence-corrected chi connectivity index (χ1v) is 9.22. The van der Waals surface area contributed by atoms with E-state index in [2.05, 4.69) is 5.32 Å². The molecule has 0 unspecified atom stereocenters. The zero-order valence-electron chi connectivity index (χ0n) is 16.1. The predicted octanol–water partition coefficient (Wildman–Crippen LogP) is 4.21. The molecule has 0 aliphatic rings. The van der Waals surface area contributed by atoms with E-state index < -0.39 is 34.4 Å². The quantitative estimate of drug-likeness (QED) is 0.338. The van der Waals surface area contributed by atoms with Crippen LogP contribution in [0.5, 0.6) is 0 Å².